The second-order valence-electron chi connectivity index (χ2n) is 6.00. The number of nitrogens with zero attached hydrogens (tertiary/aromatic N) is 2. The van der Waals surface area contributed by atoms with Crippen molar-refractivity contribution in [2.24, 2.45) is 0 Å². The van der Waals surface area contributed by atoms with E-state index < -0.39 is 21.6 Å². The quantitative estimate of drug-likeness (QED) is 0.686. The largest absolute Gasteiger partial charge is 0.496 e. The highest BCUT2D eigenvalue weighted by atomic mass is 32.2. The molecule has 0 aliphatic rings. The molecule has 0 radical (unpaired) electrons. The third-order valence-electron chi connectivity index (χ3n) is 4.34. The molecule has 8 heteroatoms. The van der Waals surface area contributed by atoms with E-state index in [2.05, 4.69) is 0 Å². The molecule has 140 valence electrons. The van der Waals surface area contributed by atoms with Crippen LogP contribution in [0.15, 0.2) is 64.5 Å². The van der Waals surface area contributed by atoms with Gasteiger partial charge in [0.1, 0.15) is 5.75 Å². The number of aromatic nitrogens is 2. The lowest BCUT2D eigenvalue weighted by Gasteiger charge is -2.08. The zero-order valence-corrected chi connectivity index (χ0v) is 15.9. The smallest absolute Gasteiger partial charge is 0.349 e. The summed E-state index contributed by atoms with van der Waals surface area (Å²) in [6.45, 7) is 3.65. The number of carbonyl (C=O) groups excluding carboxylic acids is 1. The Morgan fingerprint density at radius 2 is 1.70 bits per heavy atom. The standard InChI is InChI=1S/C19H18N2O5S/c1-13-8-9-15(12-14(13)2)27(24,25)21-11-10-20(19(21)23)18(22)16-6-4-5-7-17(16)26-3/h4-12H,1-3H3. The van der Waals surface area contributed by atoms with Crippen LogP contribution in [0.2, 0.25) is 0 Å². The first-order valence-electron chi connectivity index (χ1n) is 8.08. The SMILES string of the molecule is COc1ccccc1C(=O)n1ccn(S(=O)(=O)c2ccc(C)c(C)c2)c1=O. The highest BCUT2D eigenvalue weighted by Gasteiger charge is 2.24. The number of methoxy groups -OCH3 is 1. The minimum Gasteiger partial charge on any atom is -0.496 e. The second-order valence-corrected chi connectivity index (χ2v) is 7.82. The average Bonchev–Trinajstić information content (AvgIpc) is 3.05. The summed E-state index contributed by atoms with van der Waals surface area (Å²) in [6, 6.07) is 11.0. The van der Waals surface area contributed by atoms with E-state index in [4.69, 9.17) is 4.74 Å². The van der Waals surface area contributed by atoms with E-state index in [1.54, 1.807) is 31.2 Å². The molecule has 3 rings (SSSR count). The van der Waals surface area contributed by atoms with Gasteiger partial charge in [-0.05, 0) is 49.2 Å². The van der Waals surface area contributed by atoms with Crippen molar-refractivity contribution in [1.82, 2.24) is 8.54 Å². The molecule has 0 spiro atoms. The number of aryl methyl sites for hydroxylation is 2. The Morgan fingerprint density at radius 1 is 1.00 bits per heavy atom. The van der Waals surface area contributed by atoms with Crippen molar-refractivity contribution < 1.29 is 17.9 Å². The lowest BCUT2D eigenvalue weighted by atomic mass is 10.1. The summed E-state index contributed by atoms with van der Waals surface area (Å²) in [7, 11) is -2.71. The van der Waals surface area contributed by atoms with Crippen LogP contribution in [0, 0.1) is 13.8 Å². The van der Waals surface area contributed by atoms with Crippen LogP contribution >= 0.6 is 0 Å². The van der Waals surface area contributed by atoms with Gasteiger partial charge in [-0.15, -0.1) is 0 Å². The Kier molecular flexibility index (Phi) is 4.75. The summed E-state index contributed by atoms with van der Waals surface area (Å²) in [5, 5.41) is 0. The number of ether oxygens (including phenoxy) is 1. The Balaban J connectivity index is 2.08. The van der Waals surface area contributed by atoms with Crippen LogP contribution in [0.4, 0.5) is 0 Å². The van der Waals surface area contributed by atoms with E-state index in [0.717, 1.165) is 28.1 Å². The Morgan fingerprint density at radius 3 is 2.37 bits per heavy atom. The fourth-order valence-electron chi connectivity index (χ4n) is 2.64. The van der Waals surface area contributed by atoms with Crippen LogP contribution in [-0.2, 0) is 10.0 Å². The molecule has 0 saturated heterocycles. The van der Waals surface area contributed by atoms with Gasteiger partial charge >= 0.3 is 5.69 Å². The minimum absolute atomic E-state index is 0.0183. The van der Waals surface area contributed by atoms with Gasteiger partial charge in [-0.1, -0.05) is 18.2 Å². The highest BCUT2D eigenvalue weighted by Crippen LogP contribution is 2.19. The van der Waals surface area contributed by atoms with Gasteiger partial charge in [0, 0.05) is 12.4 Å². The lowest BCUT2D eigenvalue weighted by molar-refractivity contribution is 0.0953. The normalized spacial score (nSPS) is 11.4. The molecule has 0 amide bonds. The van der Waals surface area contributed by atoms with Crippen molar-refractivity contribution in [1.29, 1.82) is 0 Å². The third-order valence-corrected chi connectivity index (χ3v) is 5.98. The van der Waals surface area contributed by atoms with E-state index in [0.29, 0.717) is 9.72 Å². The molecule has 0 unspecified atom stereocenters. The number of imidazole rings is 1. The molecular weight excluding hydrogens is 368 g/mol. The zero-order valence-electron chi connectivity index (χ0n) is 15.0. The zero-order chi connectivity index (χ0) is 19.8. The fraction of sp³-hybridized carbons (Fsp3) is 0.158. The summed E-state index contributed by atoms with van der Waals surface area (Å²) >= 11 is 0. The maximum absolute atomic E-state index is 12.8. The van der Waals surface area contributed by atoms with Gasteiger partial charge in [0.2, 0.25) is 0 Å². The van der Waals surface area contributed by atoms with Crippen molar-refractivity contribution in [2.45, 2.75) is 18.7 Å². The van der Waals surface area contributed by atoms with Crippen LogP contribution in [0.1, 0.15) is 21.5 Å². The van der Waals surface area contributed by atoms with E-state index in [1.165, 1.54) is 25.3 Å². The van der Waals surface area contributed by atoms with E-state index in [1.807, 2.05) is 6.92 Å². The number of hydrogen-bond donors (Lipinski definition) is 0. The summed E-state index contributed by atoms with van der Waals surface area (Å²) < 4.78 is 32.1. The molecule has 1 heterocycles. The molecule has 3 aromatic rings. The molecule has 0 saturated carbocycles. The number of rotatable bonds is 4. The highest BCUT2D eigenvalue weighted by molar-refractivity contribution is 7.90. The van der Waals surface area contributed by atoms with E-state index >= 15 is 0 Å². The molecule has 0 fully saturated rings. The van der Waals surface area contributed by atoms with Crippen molar-refractivity contribution >= 4 is 15.9 Å². The molecule has 27 heavy (non-hydrogen) atoms. The maximum atomic E-state index is 12.8. The molecule has 0 N–H and O–H groups in total. The van der Waals surface area contributed by atoms with Crippen molar-refractivity contribution in [3.8, 4) is 5.75 Å². The van der Waals surface area contributed by atoms with Crippen LogP contribution in [0.25, 0.3) is 0 Å². The fourth-order valence-corrected chi connectivity index (χ4v) is 3.94. The predicted molar refractivity (Wildman–Crippen MR) is 99.9 cm³/mol. The van der Waals surface area contributed by atoms with Crippen LogP contribution in [0.5, 0.6) is 5.75 Å². The van der Waals surface area contributed by atoms with Crippen LogP contribution in [-0.4, -0.2) is 30.0 Å². The summed E-state index contributed by atoms with van der Waals surface area (Å²) in [4.78, 5) is 25.3. The monoisotopic (exact) mass is 386 g/mol. The van der Waals surface area contributed by atoms with Gasteiger partial charge in [0.15, 0.2) is 0 Å². The van der Waals surface area contributed by atoms with Crippen molar-refractivity contribution in [3.05, 3.63) is 82.0 Å². The average molecular weight is 386 g/mol. The van der Waals surface area contributed by atoms with Gasteiger partial charge in [-0.3, -0.25) is 4.79 Å². The first-order valence-corrected chi connectivity index (χ1v) is 9.52. The molecule has 0 atom stereocenters. The number of carbonyl (C=O) groups is 1. The van der Waals surface area contributed by atoms with Gasteiger partial charge in [-0.25, -0.2) is 17.8 Å². The Bertz CT molecular complexity index is 1190. The molecule has 0 aliphatic carbocycles. The number of hydrogen-bond acceptors (Lipinski definition) is 5. The number of para-hydroxylation sites is 1. The van der Waals surface area contributed by atoms with Crippen molar-refractivity contribution in [3.63, 3.8) is 0 Å². The van der Waals surface area contributed by atoms with Crippen LogP contribution in [0.3, 0.4) is 0 Å². The van der Waals surface area contributed by atoms with Gasteiger partial charge < -0.3 is 4.74 Å². The van der Waals surface area contributed by atoms with Gasteiger partial charge in [0.25, 0.3) is 15.9 Å². The molecule has 0 aliphatic heterocycles. The maximum Gasteiger partial charge on any atom is 0.349 e. The molecule has 0 bridgehead atoms. The molecule has 7 nitrogen and oxygen atoms in total. The van der Waals surface area contributed by atoms with E-state index in [9.17, 15) is 18.0 Å². The predicted octanol–water partition coefficient (Wildman–Crippen LogP) is 2.20. The minimum atomic E-state index is -4.12. The van der Waals surface area contributed by atoms with Gasteiger partial charge in [-0.2, -0.15) is 3.97 Å². The summed E-state index contributed by atoms with van der Waals surface area (Å²) in [5.74, 6) is -0.384. The van der Waals surface area contributed by atoms with E-state index in [-0.39, 0.29) is 10.5 Å². The topological polar surface area (TPSA) is 87.4 Å². The first-order chi connectivity index (χ1) is 12.8. The Hall–Kier alpha value is -3.13. The van der Waals surface area contributed by atoms with Crippen molar-refractivity contribution in [2.75, 3.05) is 7.11 Å². The molecular formula is C19H18N2O5S. The molecule has 1 aromatic heterocycles. The first kappa shape index (κ1) is 18.7. The Labute approximate surface area is 156 Å². The second kappa shape index (κ2) is 6.88. The summed E-state index contributed by atoms with van der Waals surface area (Å²) in [6.07, 6.45) is 2.20. The number of benzene rings is 2. The summed E-state index contributed by atoms with van der Waals surface area (Å²) in [5.41, 5.74) is 0.909. The molecule has 2 aromatic carbocycles. The third kappa shape index (κ3) is 3.19. The lowest BCUT2D eigenvalue weighted by Crippen LogP contribution is -2.32. The van der Waals surface area contributed by atoms with Gasteiger partial charge in [0.05, 0.1) is 17.6 Å². The van der Waals surface area contributed by atoms with Crippen LogP contribution < -0.4 is 10.4 Å².